The summed E-state index contributed by atoms with van der Waals surface area (Å²) in [6.07, 6.45) is -4.80. The van der Waals surface area contributed by atoms with Crippen LogP contribution in [-0.4, -0.2) is 31.6 Å². The van der Waals surface area contributed by atoms with Crippen molar-refractivity contribution in [1.82, 2.24) is 0 Å². The summed E-state index contributed by atoms with van der Waals surface area (Å²) in [5.41, 5.74) is 2.63. The van der Waals surface area contributed by atoms with E-state index in [-0.39, 0.29) is 29.9 Å². The molecule has 2 N–H and O–H groups in total. The molecule has 3 rings (SSSR count). The van der Waals surface area contributed by atoms with Gasteiger partial charge in [0.1, 0.15) is 11.5 Å². The van der Waals surface area contributed by atoms with Crippen LogP contribution >= 0.6 is 11.6 Å². The second kappa shape index (κ2) is 8.14. The molecule has 32 heavy (non-hydrogen) atoms. The molecule has 0 radical (unpaired) electrons. The van der Waals surface area contributed by atoms with Crippen molar-refractivity contribution in [2.75, 3.05) is 19.1 Å². The van der Waals surface area contributed by atoms with Gasteiger partial charge in [-0.05, 0) is 25.1 Å². The van der Waals surface area contributed by atoms with E-state index in [0.29, 0.717) is 11.6 Å². The maximum Gasteiger partial charge on any atom is 0.416 e. The van der Waals surface area contributed by atoms with E-state index in [2.05, 4.69) is 0 Å². The minimum atomic E-state index is -4.80. The molecule has 0 fully saturated rings. The average Bonchev–Trinajstić information content (AvgIpc) is 2.68. The van der Waals surface area contributed by atoms with Crippen LogP contribution in [0.5, 0.6) is 17.2 Å². The topological polar surface area (TPSA) is 91.1 Å². The van der Waals surface area contributed by atoms with E-state index >= 15 is 0 Å². The quantitative estimate of drug-likeness (QED) is 0.519. The number of amides is 2. The molecule has 1 atom stereocenters. The molecular formula is C20H17ClF4N2O5. The zero-order valence-electron chi connectivity index (χ0n) is 17.0. The van der Waals surface area contributed by atoms with E-state index in [1.807, 2.05) is 0 Å². The number of anilines is 1. The molecule has 2 aromatic carbocycles. The number of rotatable bonds is 5. The summed E-state index contributed by atoms with van der Waals surface area (Å²) in [5, 5.41) is -0.612. The third-order valence-corrected chi connectivity index (χ3v) is 5.09. The number of likely N-dealkylation sites (N-methyl/N-ethyl adjacent to an activating group) is 1. The number of nitrogens with two attached hydrogens (primary N) is 1. The number of benzene rings is 2. The zero-order valence-corrected chi connectivity index (χ0v) is 17.7. The molecule has 0 aliphatic carbocycles. The molecule has 0 aromatic heterocycles. The Morgan fingerprint density at radius 3 is 2.47 bits per heavy atom. The van der Waals surface area contributed by atoms with Crippen LogP contribution in [0.25, 0.3) is 0 Å². The predicted molar refractivity (Wildman–Crippen MR) is 105 cm³/mol. The average molecular weight is 477 g/mol. The molecule has 0 saturated carbocycles. The number of methoxy groups -OCH3 is 1. The van der Waals surface area contributed by atoms with Crippen LogP contribution in [0.1, 0.15) is 18.1 Å². The number of carbonyl (C=O) groups excluding carboxylic acids is 2. The van der Waals surface area contributed by atoms with E-state index in [4.69, 9.17) is 31.5 Å². The standard InChI is InChI=1S/C20H17ClF4N2O5/c1-19(17(26)28)18(29)27(2)15-9(8-30-3)4-11(7-14(15)32-19)31-16-12(21)5-10(6-13(16)22)20(23,24)25/h4-7H,8H2,1-3H3,(H2,26,28). The van der Waals surface area contributed by atoms with Crippen LogP contribution in [0.3, 0.4) is 0 Å². The third kappa shape index (κ3) is 4.05. The number of hydrogen-bond acceptors (Lipinski definition) is 5. The lowest BCUT2D eigenvalue weighted by atomic mass is 9.99. The van der Waals surface area contributed by atoms with Crippen molar-refractivity contribution in [2.45, 2.75) is 25.3 Å². The number of fused-ring (bicyclic) bond motifs is 1. The second-order valence-corrected chi connectivity index (χ2v) is 7.50. The van der Waals surface area contributed by atoms with Crippen molar-refractivity contribution in [3.8, 4) is 17.2 Å². The van der Waals surface area contributed by atoms with Gasteiger partial charge < -0.3 is 24.8 Å². The first kappa shape index (κ1) is 23.6. The van der Waals surface area contributed by atoms with Gasteiger partial charge >= 0.3 is 6.18 Å². The summed E-state index contributed by atoms with van der Waals surface area (Å²) in [4.78, 5) is 25.7. The largest absolute Gasteiger partial charge is 0.465 e. The molecule has 1 heterocycles. The van der Waals surface area contributed by atoms with E-state index in [1.54, 1.807) is 0 Å². The number of ether oxygens (including phenoxy) is 3. The Labute approximate surface area is 184 Å². The summed E-state index contributed by atoms with van der Waals surface area (Å²) in [6.45, 7) is 1.14. The van der Waals surface area contributed by atoms with Gasteiger partial charge in [-0.25, -0.2) is 4.39 Å². The van der Waals surface area contributed by atoms with Gasteiger partial charge in [-0.2, -0.15) is 13.2 Å². The lowest BCUT2D eigenvalue weighted by Gasteiger charge is -2.38. The first-order chi connectivity index (χ1) is 14.8. The summed E-state index contributed by atoms with van der Waals surface area (Å²) in [6, 6.07) is 3.38. The molecule has 0 bridgehead atoms. The first-order valence-corrected chi connectivity index (χ1v) is 9.34. The van der Waals surface area contributed by atoms with Crippen LogP contribution in [0.15, 0.2) is 24.3 Å². The number of hydrogen-bond donors (Lipinski definition) is 1. The molecule has 12 heteroatoms. The van der Waals surface area contributed by atoms with Gasteiger partial charge in [-0.3, -0.25) is 9.59 Å². The van der Waals surface area contributed by atoms with Gasteiger partial charge in [-0.1, -0.05) is 11.6 Å². The molecule has 2 aromatic rings. The van der Waals surface area contributed by atoms with Crippen LogP contribution in [-0.2, 0) is 27.1 Å². The van der Waals surface area contributed by atoms with Crippen LogP contribution in [0.2, 0.25) is 5.02 Å². The Morgan fingerprint density at radius 1 is 1.28 bits per heavy atom. The van der Waals surface area contributed by atoms with Crippen molar-refractivity contribution in [3.63, 3.8) is 0 Å². The molecule has 7 nitrogen and oxygen atoms in total. The fourth-order valence-corrected chi connectivity index (χ4v) is 3.45. The van der Waals surface area contributed by atoms with E-state index < -0.39 is 45.7 Å². The Balaban J connectivity index is 2.10. The zero-order chi connectivity index (χ0) is 24.0. The van der Waals surface area contributed by atoms with E-state index in [0.717, 1.165) is 4.90 Å². The summed E-state index contributed by atoms with van der Waals surface area (Å²) < 4.78 is 69.1. The van der Waals surface area contributed by atoms with Crippen molar-refractivity contribution in [2.24, 2.45) is 5.73 Å². The van der Waals surface area contributed by atoms with Crippen LogP contribution < -0.4 is 20.1 Å². The smallest absolute Gasteiger partial charge is 0.416 e. The van der Waals surface area contributed by atoms with Crippen molar-refractivity contribution >= 4 is 29.1 Å². The molecule has 0 spiro atoms. The Bertz CT molecular complexity index is 1090. The van der Waals surface area contributed by atoms with E-state index in [9.17, 15) is 27.2 Å². The highest BCUT2D eigenvalue weighted by molar-refractivity contribution is 6.32. The Kier molecular flexibility index (Phi) is 6.00. The third-order valence-electron chi connectivity index (χ3n) is 4.81. The Hall–Kier alpha value is -3.05. The van der Waals surface area contributed by atoms with Gasteiger partial charge in [0.2, 0.25) is 0 Å². The lowest BCUT2D eigenvalue weighted by Crippen LogP contribution is -2.60. The predicted octanol–water partition coefficient (Wildman–Crippen LogP) is 4.04. The number of halogens is 5. The minimum absolute atomic E-state index is 0.0126. The van der Waals surface area contributed by atoms with Crippen molar-refractivity contribution in [1.29, 1.82) is 0 Å². The van der Waals surface area contributed by atoms with Crippen LogP contribution in [0.4, 0.5) is 23.2 Å². The van der Waals surface area contributed by atoms with Gasteiger partial charge in [0.25, 0.3) is 17.4 Å². The number of carbonyl (C=O) groups is 2. The summed E-state index contributed by atoms with van der Waals surface area (Å²) >= 11 is 5.83. The number of primary amides is 1. The monoisotopic (exact) mass is 476 g/mol. The summed E-state index contributed by atoms with van der Waals surface area (Å²) in [5.74, 6) is -3.86. The number of alkyl halides is 3. The fourth-order valence-electron chi connectivity index (χ4n) is 3.20. The molecular weight excluding hydrogens is 460 g/mol. The van der Waals surface area contributed by atoms with Crippen molar-refractivity contribution < 1.29 is 41.4 Å². The highest BCUT2D eigenvalue weighted by atomic mass is 35.5. The SMILES string of the molecule is COCc1cc(Oc2c(F)cc(C(F)(F)F)cc2Cl)cc2c1N(C)C(=O)C(C)(C(N)=O)O2. The molecule has 1 aliphatic heterocycles. The number of nitrogens with zero attached hydrogens (tertiary/aromatic N) is 1. The second-order valence-electron chi connectivity index (χ2n) is 7.09. The van der Waals surface area contributed by atoms with Crippen molar-refractivity contribution in [3.05, 3.63) is 46.2 Å². The maximum absolute atomic E-state index is 14.4. The minimum Gasteiger partial charge on any atom is -0.465 e. The highest BCUT2D eigenvalue weighted by Gasteiger charge is 2.49. The lowest BCUT2D eigenvalue weighted by molar-refractivity contribution is -0.146. The highest BCUT2D eigenvalue weighted by Crippen LogP contribution is 2.45. The first-order valence-electron chi connectivity index (χ1n) is 8.96. The van der Waals surface area contributed by atoms with Gasteiger partial charge in [0.15, 0.2) is 11.6 Å². The van der Waals surface area contributed by atoms with E-state index in [1.165, 1.54) is 33.2 Å². The van der Waals surface area contributed by atoms with Gasteiger partial charge in [0.05, 0.1) is 22.9 Å². The molecule has 0 saturated heterocycles. The normalized spacial score (nSPS) is 18.2. The van der Waals surface area contributed by atoms with Gasteiger partial charge in [0, 0.05) is 25.8 Å². The molecule has 2 amide bonds. The summed E-state index contributed by atoms with van der Waals surface area (Å²) in [7, 11) is 2.78. The van der Waals surface area contributed by atoms with Crippen LogP contribution in [0, 0.1) is 5.82 Å². The molecule has 1 aliphatic rings. The molecule has 172 valence electrons. The fraction of sp³-hybridized carbons (Fsp3) is 0.300. The van der Waals surface area contributed by atoms with Gasteiger partial charge in [-0.15, -0.1) is 0 Å². The maximum atomic E-state index is 14.4. The Morgan fingerprint density at radius 2 is 1.94 bits per heavy atom. The molecule has 1 unspecified atom stereocenters.